The fourth-order valence-electron chi connectivity index (χ4n) is 3.59. The summed E-state index contributed by atoms with van der Waals surface area (Å²) in [5.41, 5.74) is 1.76. The van der Waals surface area contributed by atoms with E-state index in [0.717, 1.165) is 18.4 Å². The number of benzene rings is 2. The van der Waals surface area contributed by atoms with Gasteiger partial charge in [0.1, 0.15) is 5.82 Å². The summed E-state index contributed by atoms with van der Waals surface area (Å²) in [6, 6.07) is 15.1. The van der Waals surface area contributed by atoms with Gasteiger partial charge in [-0.2, -0.15) is 9.50 Å². The average Bonchev–Trinajstić information content (AvgIpc) is 3.22. The zero-order chi connectivity index (χ0) is 22.7. The summed E-state index contributed by atoms with van der Waals surface area (Å²) in [4.78, 5) is 36.5. The Morgan fingerprint density at radius 1 is 1.09 bits per heavy atom. The quantitative estimate of drug-likeness (QED) is 0.477. The summed E-state index contributed by atoms with van der Waals surface area (Å²) in [6.45, 7) is 3.99. The van der Waals surface area contributed by atoms with Gasteiger partial charge >= 0.3 is 0 Å². The number of H-pyrrole nitrogens is 1. The molecule has 7 nitrogen and oxygen atoms in total. The molecule has 0 atom stereocenters. The van der Waals surface area contributed by atoms with Crippen LogP contribution in [0.25, 0.3) is 5.78 Å². The van der Waals surface area contributed by atoms with E-state index in [9.17, 15) is 14.0 Å². The molecule has 4 rings (SSSR count). The number of anilines is 1. The van der Waals surface area contributed by atoms with Gasteiger partial charge in [-0.3, -0.25) is 19.6 Å². The third-order valence-corrected chi connectivity index (χ3v) is 5.35. The van der Waals surface area contributed by atoms with Crippen LogP contribution in [0.4, 0.5) is 10.3 Å². The first kappa shape index (κ1) is 21.4. The topological polar surface area (TPSA) is 83.4 Å². The third-order valence-electron chi connectivity index (χ3n) is 5.35. The number of rotatable bonds is 7. The van der Waals surface area contributed by atoms with Gasteiger partial charge in [-0.15, -0.1) is 0 Å². The molecule has 0 aliphatic carbocycles. The van der Waals surface area contributed by atoms with Crippen molar-refractivity contribution in [2.75, 3.05) is 4.90 Å². The van der Waals surface area contributed by atoms with Crippen molar-refractivity contribution in [3.63, 3.8) is 0 Å². The zero-order valence-corrected chi connectivity index (χ0v) is 18.0. The van der Waals surface area contributed by atoms with Crippen molar-refractivity contribution in [1.29, 1.82) is 0 Å². The molecule has 1 amide bonds. The highest BCUT2D eigenvalue weighted by atomic mass is 19.1. The van der Waals surface area contributed by atoms with Gasteiger partial charge in [0.15, 0.2) is 0 Å². The molecule has 2 aromatic heterocycles. The molecule has 8 heteroatoms. The lowest BCUT2D eigenvalue weighted by molar-refractivity contribution is 0.0979. The van der Waals surface area contributed by atoms with Gasteiger partial charge in [0.2, 0.25) is 5.95 Å². The van der Waals surface area contributed by atoms with Crippen molar-refractivity contribution in [2.24, 2.45) is 0 Å². The normalized spacial score (nSPS) is 11.1. The number of halogens is 1. The molecule has 32 heavy (non-hydrogen) atoms. The number of unbranched alkanes of at least 4 members (excludes halogenated alkanes) is 1. The highest BCUT2D eigenvalue weighted by Gasteiger charge is 2.25. The maximum atomic E-state index is 14.4. The number of hydrogen-bond acceptors (Lipinski definition) is 4. The van der Waals surface area contributed by atoms with Crippen LogP contribution in [0.15, 0.2) is 59.4 Å². The molecule has 0 aliphatic heterocycles. The van der Waals surface area contributed by atoms with E-state index in [2.05, 4.69) is 22.0 Å². The van der Waals surface area contributed by atoms with Crippen LogP contribution >= 0.6 is 0 Å². The molecular formula is C24H24FN5O2. The molecule has 4 aromatic rings. The Hall–Kier alpha value is -3.81. The number of carbonyl (C=O) groups is 1. The number of aromatic amines is 1. The number of carbonyl (C=O) groups excluding carboxylic acids is 1. The van der Waals surface area contributed by atoms with E-state index in [4.69, 9.17) is 0 Å². The molecule has 0 unspecified atom stereocenters. The van der Waals surface area contributed by atoms with Crippen LogP contribution in [-0.4, -0.2) is 25.5 Å². The van der Waals surface area contributed by atoms with Crippen LogP contribution in [0, 0.1) is 12.7 Å². The zero-order valence-electron chi connectivity index (χ0n) is 18.0. The predicted molar refractivity (Wildman–Crippen MR) is 120 cm³/mol. The van der Waals surface area contributed by atoms with E-state index in [1.54, 1.807) is 13.0 Å². The Balaban J connectivity index is 1.81. The molecule has 0 radical (unpaired) electrons. The first-order chi connectivity index (χ1) is 15.5. The van der Waals surface area contributed by atoms with E-state index in [0.29, 0.717) is 17.7 Å². The molecular weight excluding hydrogens is 409 g/mol. The summed E-state index contributed by atoms with van der Waals surface area (Å²) in [5.74, 6) is -0.900. The molecule has 0 bridgehead atoms. The molecule has 0 fully saturated rings. The van der Waals surface area contributed by atoms with Crippen LogP contribution in [0.5, 0.6) is 0 Å². The van der Waals surface area contributed by atoms with Gasteiger partial charge in [-0.25, -0.2) is 9.37 Å². The minimum Gasteiger partial charge on any atom is -0.272 e. The number of fused-ring (bicyclic) bond motifs is 1. The van der Waals surface area contributed by atoms with Crippen molar-refractivity contribution >= 4 is 17.6 Å². The predicted octanol–water partition coefficient (Wildman–Crippen LogP) is 4.05. The molecule has 1 N–H and O–H groups in total. The second-order valence-corrected chi connectivity index (χ2v) is 7.62. The largest absolute Gasteiger partial charge is 0.277 e. The van der Waals surface area contributed by atoms with Crippen LogP contribution in [0.3, 0.4) is 0 Å². The highest BCUT2D eigenvalue weighted by molar-refractivity contribution is 6.05. The first-order valence-electron chi connectivity index (χ1n) is 10.6. The number of hydrogen-bond donors (Lipinski definition) is 1. The van der Waals surface area contributed by atoms with E-state index in [1.165, 1.54) is 27.6 Å². The van der Waals surface area contributed by atoms with Crippen LogP contribution in [0.1, 0.15) is 46.9 Å². The Labute approximate surface area is 184 Å². The smallest absolute Gasteiger partial charge is 0.272 e. The number of amides is 1. The van der Waals surface area contributed by atoms with Gasteiger partial charge in [-0.1, -0.05) is 55.8 Å². The Morgan fingerprint density at radius 3 is 2.53 bits per heavy atom. The molecule has 2 aromatic carbocycles. The number of nitrogens with zero attached hydrogens (tertiary/aromatic N) is 4. The molecule has 0 spiro atoms. The van der Waals surface area contributed by atoms with Crippen molar-refractivity contribution in [1.82, 2.24) is 19.6 Å². The molecule has 0 aliphatic rings. The van der Waals surface area contributed by atoms with Gasteiger partial charge in [0, 0.05) is 5.56 Å². The van der Waals surface area contributed by atoms with Gasteiger partial charge in [0.25, 0.3) is 17.2 Å². The Morgan fingerprint density at radius 2 is 1.81 bits per heavy atom. The van der Waals surface area contributed by atoms with Crippen molar-refractivity contribution in [3.8, 4) is 0 Å². The molecule has 0 saturated heterocycles. The lowest BCUT2D eigenvalue weighted by Crippen LogP contribution is -2.32. The minimum atomic E-state index is -0.625. The molecule has 0 saturated carbocycles. The summed E-state index contributed by atoms with van der Waals surface area (Å²) < 4.78 is 15.7. The van der Waals surface area contributed by atoms with Crippen molar-refractivity contribution in [2.45, 2.75) is 39.7 Å². The fourth-order valence-corrected chi connectivity index (χ4v) is 3.59. The first-order valence-corrected chi connectivity index (χ1v) is 10.6. The summed E-state index contributed by atoms with van der Waals surface area (Å²) >= 11 is 0. The summed E-state index contributed by atoms with van der Waals surface area (Å²) in [7, 11) is 0. The summed E-state index contributed by atoms with van der Waals surface area (Å²) in [5, 5.41) is 2.91. The van der Waals surface area contributed by atoms with Gasteiger partial charge in [0.05, 0.1) is 17.8 Å². The van der Waals surface area contributed by atoms with Crippen molar-refractivity contribution in [3.05, 3.63) is 93.2 Å². The van der Waals surface area contributed by atoms with Crippen LogP contribution in [0.2, 0.25) is 0 Å². The number of aryl methyl sites for hydroxylation is 1. The summed E-state index contributed by atoms with van der Waals surface area (Å²) in [6.07, 6.45) is 2.45. The molecule has 2 heterocycles. The van der Waals surface area contributed by atoms with Gasteiger partial charge < -0.3 is 0 Å². The highest BCUT2D eigenvalue weighted by Crippen LogP contribution is 2.19. The Bertz CT molecular complexity index is 1310. The average molecular weight is 433 g/mol. The lowest BCUT2D eigenvalue weighted by atomic mass is 10.1. The second kappa shape index (κ2) is 9.13. The standard InChI is InChI=1S/C24H24FN5O2/c1-3-4-12-18-16(2)26-23-27-24(28-30(23)22(18)32)29(15-17-10-6-5-7-11-17)21(31)19-13-8-9-14-20(19)25/h5-11,13-14H,3-4,12,15H2,1-2H3,(H,26,27,28). The van der Waals surface area contributed by atoms with E-state index >= 15 is 0 Å². The molecule has 164 valence electrons. The SMILES string of the molecule is CCCCc1c(C)nc2nc(N(Cc3ccccc3)C(=O)c3ccccc3F)[nH]n2c1=O. The minimum absolute atomic E-state index is 0.0796. The van der Waals surface area contributed by atoms with Crippen LogP contribution < -0.4 is 10.5 Å². The lowest BCUT2D eigenvalue weighted by Gasteiger charge is -2.20. The second-order valence-electron chi connectivity index (χ2n) is 7.62. The maximum absolute atomic E-state index is 14.4. The van der Waals surface area contributed by atoms with Gasteiger partial charge in [-0.05, 0) is 37.5 Å². The monoisotopic (exact) mass is 433 g/mol. The Kier molecular flexibility index (Phi) is 6.11. The third kappa shape index (κ3) is 4.16. The van der Waals surface area contributed by atoms with Crippen LogP contribution in [-0.2, 0) is 13.0 Å². The maximum Gasteiger partial charge on any atom is 0.277 e. The van der Waals surface area contributed by atoms with E-state index in [1.807, 2.05) is 30.3 Å². The number of nitrogens with one attached hydrogen (secondary N) is 1. The fraction of sp³-hybridized carbons (Fsp3) is 0.250. The van der Waals surface area contributed by atoms with E-state index < -0.39 is 11.7 Å². The van der Waals surface area contributed by atoms with Crippen molar-refractivity contribution < 1.29 is 9.18 Å². The van der Waals surface area contributed by atoms with E-state index in [-0.39, 0.29) is 29.4 Å². The number of aromatic nitrogens is 4.